The van der Waals surface area contributed by atoms with Gasteiger partial charge in [0, 0.05) is 32.5 Å². The summed E-state index contributed by atoms with van der Waals surface area (Å²) in [5.74, 6) is -0.411. The molecule has 18 heavy (non-hydrogen) atoms. The van der Waals surface area contributed by atoms with Gasteiger partial charge >= 0.3 is 5.97 Å². The van der Waals surface area contributed by atoms with Gasteiger partial charge in [-0.05, 0) is 19.3 Å². The number of carboxylic acid groups (broad SMARTS) is 1. The molecule has 1 aliphatic heterocycles. The van der Waals surface area contributed by atoms with Crippen LogP contribution in [0.3, 0.4) is 0 Å². The van der Waals surface area contributed by atoms with Crippen molar-refractivity contribution in [2.75, 3.05) is 26.8 Å². The summed E-state index contributed by atoms with van der Waals surface area (Å²) in [6.45, 7) is 2.12. The number of carbonyl (C=O) groups is 2. The Hall–Kier alpha value is -1.10. The molecule has 5 nitrogen and oxygen atoms in total. The number of likely N-dealkylation sites (tertiary alicyclic amines) is 1. The number of amides is 1. The molecule has 1 saturated carbocycles. The maximum absolute atomic E-state index is 12.1. The van der Waals surface area contributed by atoms with Crippen molar-refractivity contribution in [1.29, 1.82) is 0 Å². The van der Waals surface area contributed by atoms with Crippen LogP contribution in [0.5, 0.6) is 0 Å². The van der Waals surface area contributed by atoms with Gasteiger partial charge in [0.05, 0.1) is 12.0 Å². The fourth-order valence-electron chi connectivity index (χ4n) is 2.90. The molecule has 1 heterocycles. The number of ether oxygens (including phenoxy) is 1. The molecule has 0 aromatic rings. The summed E-state index contributed by atoms with van der Waals surface area (Å²) >= 11 is 0. The number of rotatable bonds is 5. The molecule has 0 radical (unpaired) electrons. The summed E-state index contributed by atoms with van der Waals surface area (Å²) in [5.41, 5.74) is -0.767. The van der Waals surface area contributed by atoms with E-state index in [4.69, 9.17) is 4.74 Å². The molecule has 2 rings (SSSR count). The van der Waals surface area contributed by atoms with Crippen molar-refractivity contribution in [3.8, 4) is 0 Å². The molecule has 102 valence electrons. The van der Waals surface area contributed by atoms with E-state index in [2.05, 4.69) is 0 Å². The Morgan fingerprint density at radius 3 is 2.67 bits per heavy atom. The highest BCUT2D eigenvalue weighted by Gasteiger charge is 2.47. The molecular formula is C13H21NO4. The standard InChI is InChI=1S/C13H21NO4/c1-18-9-10-3-6-14(8-10)11(15)7-13(12(16)17)4-2-5-13/h10H,2-9H2,1H3,(H,16,17). The molecule has 1 N–H and O–H groups in total. The summed E-state index contributed by atoms with van der Waals surface area (Å²) in [4.78, 5) is 25.2. The highest BCUT2D eigenvalue weighted by atomic mass is 16.5. The van der Waals surface area contributed by atoms with Crippen molar-refractivity contribution in [3.05, 3.63) is 0 Å². The average Bonchev–Trinajstić information content (AvgIpc) is 2.71. The van der Waals surface area contributed by atoms with Crippen molar-refractivity contribution in [3.63, 3.8) is 0 Å². The number of hydrogen-bond donors (Lipinski definition) is 1. The van der Waals surface area contributed by atoms with Crippen molar-refractivity contribution in [2.45, 2.75) is 32.1 Å². The van der Waals surface area contributed by atoms with Crippen LogP contribution in [0.1, 0.15) is 32.1 Å². The quantitative estimate of drug-likeness (QED) is 0.799. The van der Waals surface area contributed by atoms with E-state index in [-0.39, 0.29) is 12.3 Å². The molecule has 1 atom stereocenters. The van der Waals surface area contributed by atoms with Crippen LogP contribution in [-0.4, -0.2) is 48.7 Å². The molecule has 0 bridgehead atoms. The van der Waals surface area contributed by atoms with Gasteiger partial charge in [-0.1, -0.05) is 6.42 Å². The first kappa shape index (κ1) is 13.3. The second kappa shape index (κ2) is 5.26. The zero-order valence-electron chi connectivity index (χ0n) is 10.9. The number of aliphatic carboxylic acids is 1. The largest absolute Gasteiger partial charge is 0.481 e. The monoisotopic (exact) mass is 255 g/mol. The normalized spacial score (nSPS) is 25.8. The van der Waals surface area contributed by atoms with Crippen LogP contribution in [0.4, 0.5) is 0 Å². The summed E-state index contributed by atoms with van der Waals surface area (Å²) < 4.78 is 5.09. The number of methoxy groups -OCH3 is 1. The number of carbonyl (C=O) groups excluding carboxylic acids is 1. The lowest BCUT2D eigenvalue weighted by molar-refractivity contribution is -0.159. The fraction of sp³-hybridized carbons (Fsp3) is 0.846. The number of nitrogens with zero attached hydrogens (tertiary/aromatic N) is 1. The molecule has 0 spiro atoms. The third-order valence-electron chi connectivity index (χ3n) is 4.29. The van der Waals surface area contributed by atoms with Crippen LogP contribution in [0.15, 0.2) is 0 Å². The predicted octanol–water partition coefficient (Wildman–Crippen LogP) is 1.13. The Balaban J connectivity index is 1.87. The van der Waals surface area contributed by atoms with Crippen molar-refractivity contribution in [1.82, 2.24) is 4.90 Å². The first-order chi connectivity index (χ1) is 8.57. The average molecular weight is 255 g/mol. The maximum Gasteiger partial charge on any atom is 0.310 e. The van der Waals surface area contributed by atoms with Crippen LogP contribution in [-0.2, 0) is 14.3 Å². The molecular weight excluding hydrogens is 234 g/mol. The van der Waals surface area contributed by atoms with Crippen LogP contribution in [0.2, 0.25) is 0 Å². The van der Waals surface area contributed by atoms with Gasteiger partial charge < -0.3 is 14.7 Å². The molecule has 1 saturated heterocycles. The third kappa shape index (κ3) is 2.51. The molecule has 2 aliphatic rings. The smallest absolute Gasteiger partial charge is 0.310 e. The van der Waals surface area contributed by atoms with E-state index < -0.39 is 11.4 Å². The molecule has 1 unspecified atom stereocenters. The van der Waals surface area contributed by atoms with Gasteiger partial charge in [0.1, 0.15) is 0 Å². The van der Waals surface area contributed by atoms with Gasteiger partial charge in [0.25, 0.3) is 0 Å². The van der Waals surface area contributed by atoms with E-state index in [1.807, 2.05) is 0 Å². The fourth-order valence-corrected chi connectivity index (χ4v) is 2.90. The SMILES string of the molecule is COCC1CCN(C(=O)CC2(C(=O)O)CCC2)C1. The molecule has 2 fully saturated rings. The van der Waals surface area contributed by atoms with Crippen molar-refractivity contribution >= 4 is 11.9 Å². The first-order valence-corrected chi connectivity index (χ1v) is 6.57. The van der Waals surface area contributed by atoms with Gasteiger partial charge in [0.15, 0.2) is 0 Å². The van der Waals surface area contributed by atoms with Gasteiger partial charge in [-0.3, -0.25) is 9.59 Å². The minimum absolute atomic E-state index is 0.00398. The molecule has 5 heteroatoms. The van der Waals surface area contributed by atoms with Crippen LogP contribution in [0, 0.1) is 11.3 Å². The van der Waals surface area contributed by atoms with E-state index in [9.17, 15) is 14.7 Å². The zero-order chi connectivity index (χ0) is 13.2. The lowest BCUT2D eigenvalue weighted by Crippen LogP contribution is -2.43. The van der Waals surface area contributed by atoms with Crippen molar-refractivity contribution in [2.24, 2.45) is 11.3 Å². The Labute approximate surface area is 107 Å². The van der Waals surface area contributed by atoms with E-state index in [0.29, 0.717) is 31.9 Å². The van der Waals surface area contributed by atoms with Gasteiger partial charge in [0.2, 0.25) is 5.91 Å². The first-order valence-electron chi connectivity index (χ1n) is 6.57. The maximum atomic E-state index is 12.1. The Bertz CT molecular complexity index is 338. The second-order valence-corrected chi connectivity index (χ2v) is 5.57. The summed E-state index contributed by atoms with van der Waals surface area (Å²) in [7, 11) is 1.66. The highest BCUT2D eigenvalue weighted by Crippen LogP contribution is 2.44. The predicted molar refractivity (Wildman–Crippen MR) is 65.1 cm³/mol. The third-order valence-corrected chi connectivity index (χ3v) is 4.29. The Morgan fingerprint density at radius 2 is 2.17 bits per heavy atom. The van der Waals surface area contributed by atoms with E-state index in [1.165, 1.54) is 0 Å². The van der Waals surface area contributed by atoms with E-state index in [1.54, 1.807) is 12.0 Å². The second-order valence-electron chi connectivity index (χ2n) is 5.57. The number of carboxylic acids is 1. The topological polar surface area (TPSA) is 66.8 Å². The van der Waals surface area contributed by atoms with Crippen LogP contribution in [0.25, 0.3) is 0 Å². The molecule has 1 aliphatic carbocycles. The van der Waals surface area contributed by atoms with Gasteiger partial charge in [-0.25, -0.2) is 0 Å². The van der Waals surface area contributed by atoms with Crippen LogP contribution >= 0.6 is 0 Å². The van der Waals surface area contributed by atoms with Crippen LogP contribution < -0.4 is 0 Å². The Kier molecular flexibility index (Phi) is 3.90. The van der Waals surface area contributed by atoms with E-state index in [0.717, 1.165) is 19.4 Å². The van der Waals surface area contributed by atoms with Gasteiger partial charge in [-0.2, -0.15) is 0 Å². The highest BCUT2D eigenvalue weighted by molar-refractivity contribution is 5.85. The zero-order valence-corrected chi connectivity index (χ0v) is 10.9. The molecule has 0 aromatic carbocycles. The summed E-state index contributed by atoms with van der Waals surface area (Å²) in [6.07, 6.45) is 3.33. The minimum atomic E-state index is -0.810. The van der Waals surface area contributed by atoms with E-state index >= 15 is 0 Å². The molecule has 0 aromatic heterocycles. The summed E-state index contributed by atoms with van der Waals surface area (Å²) in [6, 6.07) is 0. The molecule has 1 amide bonds. The lowest BCUT2D eigenvalue weighted by atomic mass is 9.66. The lowest BCUT2D eigenvalue weighted by Gasteiger charge is -2.38. The Morgan fingerprint density at radius 1 is 1.44 bits per heavy atom. The minimum Gasteiger partial charge on any atom is -0.481 e. The summed E-state index contributed by atoms with van der Waals surface area (Å²) in [5, 5.41) is 9.22. The van der Waals surface area contributed by atoms with Crippen molar-refractivity contribution < 1.29 is 19.4 Å². The number of hydrogen-bond acceptors (Lipinski definition) is 3. The van der Waals surface area contributed by atoms with Gasteiger partial charge in [-0.15, -0.1) is 0 Å².